The van der Waals surface area contributed by atoms with Crippen LogP contribution in [0.25, 0.3) is 0 Å². The molecule has 0 bridgehead atoms. The summed E-state index contributed by atoms with van der Waals surface area (Å²) in [7, 11) is 0. The highest BCUT2D eigenvalue weighted by Gasteiger charge is 2.19. The van der Waals surface area contributed by atoms with E-state index in [1.807, 2.05) is 11.8 Å². The molecule has 1 aliphatic carbocycles. The van der Waals surface area contributed by atoms with Crippen LogP contribution in [0.2, 0.25) is 0 Å². The van der Waals surface area contributed by atoms with Crippen molar-refractivity contribution < 1.29 is 0 Å². The second-order valence-electron chi connectivity index (χ2n) is 3.82. The monoisotopic (exact) mass is 207 g/mol. The molecule has 0 atom stereocenters. The first-order chi connectivity index (χ1) is 6.90. The molecule has 1 aromatic rings. The maximum Gasteiger partial charge on any atom is 0.0107 e. The zero-order chi connectivity index (χ0) is 9.80. The molecule has 0 unspecified atom stereocenters. The maximum atomic E-state index is 5.60. The summed E-state index contributed by atoms with van der Waals surface area (Å²) < 4.78 is 0. The zero-order valence-electron chi connectivity index (χ0n) is 8.41. The lowest BCUT2D eigenvalue weighted by Gasteiger charge is -2.25. The Morgan fingerprint density at radius 1 is 1.29 bits per heavy atom. The molecule has 2 heteroatoms. The van der Waals surface area contributed by atoms with Gasteiger partial charge < -0.3 is 5.73 Å². The highest BCUT2D eigenvalue weighted by molar-refractivity contribution is 8.00. The van der Waals surface area contributed by atoms with Gasteiger partial charge in [0.1, 0.15) is 0 Å². The lowest BCUT2D eigenvalue weighted by Crippen LogP contribution is -2.13. The summed E-state index contributed by atoms with van der Waals surface area (Å²) in [5, 5.41) is 0.869. The van der Waals surface area contributed by atoms with Crippen LogP contribution in [-0.4, -0.2) is 11.8 Å². The van der Waals surface area contributed by atoms with Crippen LogP contribution in [0.1, 0.15) is 24.8 Å². The van der Waals surface area contributed by atoms with Crippen molar-refractivity contribution in [2.75, 3.05) is 6.54 Å². The summed E-state index contributed by atoms with van der Waals surface area (Å²) in [5.74, 6) is 0. The fourth-order valence-corrected chi connectivity index (χ4v) is 3.06. The van der Waals surface area contributed by atoms with E-state index in [1.54, 1.807) is 0 Å². The quantitative estimate of drug-likeness (QED) is 0.821. The molecular formula is C12H17NS. The number of nitrogens with two attached hydrogens (primary N) is 1. The van der Waals surface area contributed by atoms with E-state index >= 15 is 0 Å². The first-order valence-corrected chi connectivity index (χ1v) is 6.23. The Hall–Kier alpha value is -0.470. The van der Waals surface area contributed by atoms with Gasteiger partial charge in [0.05, 0.1) is 0 Å². The summed E-state index contributed by atoms with van der Waals surface area (Å²) >= 11 is 2.04. The van der Waals surface area contributed by atoms with E-state index in [9.17, 15) is 0 Å². The highest BCUT2D eigenvalue weighted by Crippen LogP contribution is 2.37. The Morgan fingerprint density at radius 3 is 2.71 bits per heavy atom. The molecule has 14 heavy (non-hydrogen) atoms. The van der Waals surface area contributed by atoms with Crippen LogP contribution in [0, 0.1) is 0 Å². The summed E-state index contributed by atoms with van der Waals surface area (Å²) in [4.78, 5) is 1.45. The van der Waals surface area contributed by atoms with Crippen molar-refractivity contribution in [2.45, 2.75) is 35.8 Å². The zero-order valence-corrected chi connectivity index (χ0v) is 9.22. The van der Waals surface area contributed by atoms with Crippen LogP contribution in [0.15, 0.2) is 29.2 Å². The largest absolute Gasteiger partial charge is 0.330 e. The number of thioether (sulfide) groups is 1. The van der Waals surface area contributed by atoms with Crippen LogP contribution in [0.5, 0.6) is 0 Å². The van der Waals surface area contributed by atoms with Crippen molar-refractivity contribution in [2.24, 2.45) is 5.73 Å². The average Bonchev–Trinajstić information content (AvgIpc) is 2.14. The molecule has 76 valence electrons. The molecular weight excluding hydrogens is 190 g/mol. The standard InChI is InChI=1S/C12H17NS/c13-9-8-10-4-1-2-7-12(10)14-11-5-3-6-11/h1-2,4,7,11H,3,5-6,8-9,13H2. The molecule has 1 aromatic carbocycles. The van der Waals surface area contributed by atoms with Gasteiger partial charge >= 0.3 is 0 Å². The topological polar surface area (TPSA) is 26.0 Å². The Labute approximate surface area is 90.1 Å². The van der Waals surface area contributed by atoms with Gasteiger partial charge in [0.25, 0.3) is 0 Å². The highest BCUT2D eigenvalue weighted by atomic mass is 32.2. The Kier molecular flexibility index (Phi) is 3.49. The third kappa shape index (κ3) is 2.31. The molecule has 1 fully saturated rings. The number of hydrogen-bond donors (Lipinski definition) is 1. The molecule has 0 spiro atoms. The van der Waals surface area contributed by atoms with Crippen LogP contribution in [-0.2, 0) is 6.42 Å². The predicted octanol–water partition coefficient (Wildman–Crippen LogP) is 2.83. The van der Waals surface area contributed by atoms with E-state index in [1.165, 1.54) is 29.7 Å². The van der Waals surface area contributed by atoms with Crippen molar-refractivity contribution in [1.29, 1.82) is 0 Å². The molecule has 1 nitrogen and oxygen atoms in total. The van der Waals surface area contributed by atoms with E-state index in [-0.39, 0.29) is 0 Å². The number of rotatable bonds is 4. The number of benzene rings is 1. The van der Waals surface area contributed by atoms with Gasteiger partial charge in [-0.1, -0.05) is 24.6 Å². The van der Waals surface area contributed by atoms with Gasteiger partial charge in [-0.2, -0.15) is 0 Å². The first kappa shape index (κ1) is 10.1. The van der Waals surface area contributed by atoms with E-state index in [0.717, 1.165) is 18.2 Å². The SMILES string of the molecule is NCCc1ccccc1SC1CCC1. The average molecular weight is 207 g/mol. The predicted molar refractivity (Wildman–Crippen MR) is 62.7 cm³/mol. The molecule has 2 rings (SSSR count). The number of hydrogen-bond acceptors (Lipinski definition) is 2. The molecule has 1 aliphatic rings. The fraction of sp³-hybridized carbons (Fsp3) is 0.500. The minimum absolute atomic E-state index is 0.752. The summed E-state index contributed by atoms with van der Waals surface area (Å²) in [6.45, 7) is 0.752. The van der Waals surface area contributed by atoms with Crippen molar-refractivity contribution in [3.63, 3.8) is 0 Å². The smallest absolute Gasteiger partial charge is 0.0107 e. The van der Waals surface area contributed by atoms with E-state index in [4.69, 9.17) is 5.73 Å². The Bertz CT molecular complexity index is 294. The van der Waals surface area contributed by atoms with Crippen molar-refractivity contribution in [1.82, 2.24) is 0 Å². The van der Waals surface area contributed by atoms with Gasteiger partial charge in [0, 0.05) is 10.1 Å². The van der Waals surface area contributed by atoms with Crippen molar-refractivity contribution >= 4 is 11.8 Å². The lowest BCUT2D eigenvalue weighted by molar-refractivity contribution is 0.522. The lowest BCUT2D eigenvalue weighted by atomic mass is 10.00. The summed E-state index contributed by atoms with van der Waals surface area (Å²) in [6.07, 6.45) is 5.20. The van der Waals surface area contributed by atoms with Crippen molar-refractivity contribution in [3.05, 3.63) is 29.8 Å². The molecule has 0 amide bonds. The fourth-order valence-electron chi connectivity index (χ4n) is 1.65. The van der Waals surface area contributed by atoms with Gasteiger partial charge in [-0.05, 0) is 37.4 Å². The van der Waals surface area contributed by atoms with E-state index in [0.29, 0.717) is 0 Å². The van der Waals surface area contributed by atoms with Gasteiger partial charge in [0.15, 0.2) is 0 Å². The first-order valence-electron chi connectivity index (χ1n) is 5.35. The second-order valence-corrected chi connectivity index (χ2v) is 5.16. The summed E-state index contributed by atoms with van der Waals surface area (Å²) in [5.41, 5.74) is 7.02. The molecule has 0 aromatic heterocycles. The Balaban J connectivity index is 2.05. The van der Waals surface area contributed by atoms with Crippen LogP contribution in [0.4, 0.5) is 0 Å². The Morgan fingerprint density at radius 2 is 2.07 bits per heavy atom. The van der Waals surface area contributed by atoms with Gasteiger partial charge in [-0.15, -0.1) is 11.8 Å². The third-order valence-corrected chi connectivity index (χ3v) is 4.19. The minimum atomic E-state index is 0.752. The molecule has 0 radical (unpaired) electrons. The second kappa shape index (κ2) is 4.85. The van der Waals surface area contributed by atoms with E-state index in [2.05, 4.69) is 24.3 Å². The third-order valence-electron chi connectivity index (χ3n) is 2.73. The molecule has 0 saturated heterocycles. The molecule has 1 saturated carbocycles. The van der Waals surface area contributed by atoms with Crippen LogP contribution < -0.4 is 5.73 Å². The van der Waals surface area contributed by atoms with E-state index < -0.39 is 0 Å². The normalized spacial score (nSPS) is 16.6. The molecule has 0 aliphatic heterocycles. The van der Waals surface area contributed by atoms with Gasteiger partial charge in [-0.3, -0.25) is 0 Å². The van der Waals surface area contributed by atoms with Crippen molar-refractivity contribution in [3.8, 4) is 0 Å². The minimum Gasteiger partial charge on any atom is -0.330 e. The summed E-state index contributed by atoms with van der Waals surface area (Å²) in [6, 6.07) is 8.67. The van der Waals surface area contributed by atoms with Gasteiger partial charge in [0.2, 0.25) is 0 Å². The molecule has 2 N–H and O–H groups in total. The van der Waals surface area contributed by atoms with Crippen LogP contribution >= 0.6 is 11.8 Å². The maximum absolute atomic E-state index is 5.60. The van der Waals surface area contributed by atoms with Gasteiger partial charge in [-0.25, -0.2) is 0 Å². The molecule has 0 heterocycles. The van der Waals surface area contributed by atoms with Crippen LogP contribution in [0.3, 0.4) is 0 Å².